The molecule has 3 nitrogen and oxygen atoms in total. The number of aromatic amines is 1. The van der Waals surface area contributed by atoms with Crippen LogP contribution < -0.4 is 0 Å². The summed E-state index contributed by atoms with van der Waals surface area (Å²) in [7, 11) is 0. The van der Waals surface area contributed by atoms with Crippen molar-refractivity contribution in [3.05, 3.63) is 52.0 Å². The smallest absolute Gasteiger partial charge is 0.134 e. The van der Waals surface area contributed by atoms with Crippen molar-refractivity contribution in [2.24, 2.45) is 16.3 Å². The van der Waals surface area contributed by atoms with Gasteiger partial charge in [0, 0.05) is 33.8 Å². The molecular formula is C22H23N3S. The lowest BCUT2D eigenvalue weighted by atomic mass is 9.72. The number of H-pyrrole nitrogens is 1. The number of aliphatic imine (C=N–C) groups is 1. The SMILES string of the molecule is CC(C)(C)[C@@H]1CCc2c(sc(N=Cc3c[nH]c4ccccc34)c2C#N)C1. The van der Waals surface area contributed by atoms with Gasteiger partial charge in [-0.1, -0.05) is 39.0 Å². The molecule has 0 saturated heterocycles. The van der Waals surface area contributed by atoms with Crippen LogP contribution in [0.25, 0.3) is 10.9 Å². The van der Waals surface area contributed by atoms with Gasteiger partial charge in [-0.25, -0.2) is 4.99 Å². The number of nitrogens with one attached hydrogen (secondary N) is 1. The van der Waals surface area contributed by atoms with E-state index in [1.54, 1.807) is 11.3 Å². The van der Waals surface area contributed by atoms with E-state index in [1.807, 2.05) is 24.5 Å². The minimum absolute atomic E-state index is 0.307. The number of nitriles is 1. The first-order chi connectivity index (χ1) is 12.5. The molecule has 0 saturated carbocycles. The van der Waals surface area contributed by atoms with Gasteiger partial charge in [0.15, 0.2) is 0 Å². The molecule has 26 heavy (non-hydrogen) atoms. The second kappa shape index (κ2) is 6.41. The molecule has 1 aliphatic rings. The molecule has 1 atom stereocenters. The summed E-state index contributed by atoms with van der Waals surface area (Å²) in [5, 5.41) is 11.7. The van der Waals surface area contributed by atoms with Gasteiger partial charge in [0.05, 0.1) is 5.56 Å². The Kier molecular flexibility index (Phi) is 4.20. The van der Waals surface area contributed by atoms with Crippen LogP contribution in [0.5, 0.6) is 0 Å². The Bertz CT molecular complexity index is 1020. The summed E-state index contributed by atoms with van der Waals surface area (Å²) in [4.78, 5) is 9.34. The van der Waals surface area contributed by atoms with Gasteiger partial charge in [0.25, 0.3) is 0 Å². The molecule has 0 amide bonds. The van der Waals surface area contributed by atoms with E-state index < -0.39 is 0 Å². The van der Waals surface area contributed by atoms with Crippen molar-refractivity contribution in [3.63, 3.8) is 0 Å². The largest absolute Gasteiger partial charge is 0.361 e. The highest BCUT2D eigenvalue weighted by molar-refractivity contribution is 7.16. The Morgan fingerprint density at radius 1 is 1.31 bits per heavy atom. The third-order valence-corrected chi connectivity index (χ3v) is 6.69. The van der Waals surface area contributed by atoms with Crippen LogP contribution in [-0.2, 0) is 12.8 Å². The van der Waals surface area contributed by atoms with Gasteiger partial charge in [-0.2, -0.15) is 5.26 Å². The molecule has 4 rings (SSSR count). The number of thiophene rings is 1. The van der Waals surface area contributed by atoms with Crippen LogP contribution in [0.2, 0.25) is 0 Å². The zero-order valence-corrected chi connectivity index (χ0v) is 16.3. The third kappa shape index (κ3) is 2.97. The summed E-state index contributed by atoms with van der Waals surface area (Å²) in [6, 6.07) is 10.6. The number of hydrogen-bond donors (Lipinski definition) is 1. The van der Waals surface area contributed by atoms with Crippen molar-refractivity contribution in [2.75, 3.05) is 0 Å². The van der Waals surface area contributed by atoms with Gasteiger partial charge in [-0.3, -0.25) is 0 Å². The van der Waals surface area contributed by atoms with E-state index in [4.69, 9.17) is 4.99 Å². The molecule has 3 aromatic rings. The second-order valence-corrected chi connectivity index (χ2v) is 9.23. The Hall–Kier alpha value is -2.38. The van der Waals surface area contributed by atoms with Gasteiger partial charge in [0.1, 0.15) is 11.1 Å². The van der Waals surface area contributed by atoms with Gasteiger partial charge < -0.3 is 4.98 Å². The summed E-state index contributed by atoms with van der Waals surface area (Å²) < 4.78 is 0. The van der Waals surface area contributed by atoms with Gasteiger partial charge >= 0.3 is 0 Å². The first kappa shape index (κ1) is 17.1. The van der Waals surface area contributed by atoms with Crippen molar-refractivity contribution in [3.8, 4) is 6.07 Å². The molecule has 0 aliphatic heterocycles. The zero-order valence-electron chi connectivity index (χ0n) is 15.5. The highest BCUT2D eigenvalue weighted by Gasteiger charge is 2.32. The van der Waals surface area contributed by atoms with E-state index in [1.165, 1.54) is 10.4 Å². The van der Waals surface area contributed by atoms with Crippen LogP contribution in [0.1, 0.15) is 48.8 Å². The van der Waals surface area contributed by atoms with E-state index in [0.717, 1.165) is 46.3 Å². The Morgan fingerprint density at radius 3 is 2.88 bits per heavy atom. The van der Waals surface area contributed by atoms with E-state index in [2.05, 4.69) is 44.0 Å². The maximum Gasteiger partial charge on any atom is 0.134 e. The predicted octanol–water partition coefficient (Wildman–Crippen LogP) is 6.00. The molecule has 0 unspecified atom stereocenters. The summed E-state index contributed by atoms with van der Waals surface area (Å²) in [5.41, 5.74) is 4.50. The quantitative estimate of drug-likeness (QED) is 0.559. The van der Waals surface area contributed by atoms with Gasteiger partial charge in [0.2, 0.25) is 0 Å². The molecule has 0 spiro atoms. The molecule has 2 heterocycles. The number of benzene rings is 1. The van der Waals surface area contributed by atoms with Crippen molar-refractivity contribution in [2.45, 2.75) is 40.0 Å². The maximum atomic E-state index is 9.69. The molecule has 4 heteroatoms. The van der Waals surface area contributed by atoms with Gasteiger partial charge in [-0.15, -0.1) is 11.3 Å². The highest BCUT2D eigenvalue weighted by atomic mass is 32.1. The molecule has 1 aromatic carbocycles. The monoisotopic (exact) mass is 361 g/mol. The lowest BCUT2D eigenvalue weighted by Gasteiger charge is -2.33. The van der Waals surface area contributed by atoms with Crippen LogP contribution in [0.15, 0.2) is 35.5 Å². The number of nitrogens with zero attached hydrogens (tertiary/aromatic N) is 2. The molecule has 1 aliphatic carbocycles. The number of aromatic nitrogens is 1. The van der Waals surface area contributed by atoms with Crippen LogP contribution in [0, 0.1) is 22.7 Å². The third-order valence-electron chi connectivity index (χ3n) is 5.53. The first-order valence-corrected chi connectivity index (χ1v) is 9.94. The fourth-order valence-electron chi connectivity index (χ4n) is 3.85. The molecule has 1 N–H and O–H groups in total. The number of hydrogen-bond acceptors (Lipinski definition) is 3. The Morgan fingerprint density at radius 2 is 2.12 bits per heavy atom. The summed E-state index contributed by atoms with van der Waals surface area (Å²) in [6.07, 6.45) is 7.09. The fraction of sp³-hybridized carbons (Fsp3) is 0.364. The fourth-order valence-corrected chi connectivity index (χ4v) is 5.07. The standard InChI is InChI=1S/C22H23N3S/c1-22(2,3)15-8-9-17-18(11-23)21(26-20(17)10-15)25-13-14-12-24-19-7-5-4-6-16(14)19/h4-7,12-13,15,24H,8-10H2,1-3H3/t15-/m1/s1. The Balaban J connectivity index is 1.68. The highest BCUT2D eigenvalue weighted by Crippen LogP contribution is 2.44. The summed E-state index contributed by atoms with van der Waals surface area (Å²) >= 11 is 1.70. The van der Waals surface area contributed by atoms with E-state index >= 15 is 0 Å². The normalized spacial score (nSPS) is 17.5. The lowest BCUT2D eigenvalue weighted by Crippen LogP contribution is -2.26. The molecule has 0 fully saturated rings. The van der Waals surface area contributed by atoms with Gasteiger partial charge in [-0.05, 0) is 42.2 Å². The van der Waals surface area contributed by atoms with E-state index in [0.29, 0.717) is 11.3 Å². The minimum atomic E-state index is 0.307. The van der Waals surface area contributed by atoms with Crippen LogP contribution in [0.3, 0.4) is 0 Å². The molecular weight excluding hydrogens is 338 g/mol. The van der Waals surface area contributed by atoms with Crippen molar-refractivity contribution in [1.82, 2.24) is 4.98 Å². The van der Waals surface area contributed by atoms with Crippen molar-refractivity contribution < 1.29 is 0 Å². The number of rotatable bonds is 2. The molecule has 0 radical (unpaired) electrons. The molecule has 0 bridgehead atoms. The average molecular weight is 362 g/mol. The van der Waals surface area contributed by atoms with Crippen molar-refractivity contribution in [1.29, 1.82) is 5.26 Å². The number of fused-ring (bicyclic) bond motifs is 2. The topological polar surface area (TPSA) is 51.9 Å². The van der Waals surface area contributed by atoms with Crippen LogP contribution in [0.4, 0.5) is 5.00 Å². The predicted molar refractivity (Wildman–Crippen MR) is 110 cm³/mol. The number of para-hydroxylation sites is 1. The molecule has 2 aromatic heterocycles. The minimum Gasteiger partial charge on any atom is -0.361 e. The van der Waals surface area contributed by atoms with Crippen LogP contribution >= 0.6 is 11.3 Å². The van der Waals surface area contributed by atoms with Crippen molar-refractivity contribution >= 4 is 33.5 Å². The second-order valence-electron chi connectivity index (χ2n) is 8.15. The summed E-state index contributed by atoms with van der Waals surface area (Å²) in [5.74, 6) is 0.672. The first-order valence-electron chi connectivity index (χ1n) is 9.12. The lowest BCUT2D eigenvalue weighted by molar-refractivity contribution is 0.218. The Labute approximate surface area is 158 Å². The van der Waals surface area contributed by atoms with E-state index in [9.17, 15) is 5.26 Å². The van der Waals surface area contributed by atoms with E-state index in [-0.39, 0.29) is 0 Å². The van der Waals surface area contributed by atoms with Crippen LogP contribution in [-0.4, -0.2) is 11.2 Å². The zero-order chi connectivity index (χ0) is 18.3. The molecule has 132 valence electrons. The summed E-state index contributed by atoms with van der Waals surface area (Å²) in [6.45, 7) is 6.95. The average Bonchev–Trinajstić information content (AvgIpc) is 3.19. The maximum absolute atomic E-state index is 9.69.